The minimum absolute atomic E-state index is 0.278. The van der Waals surface area contributed by atoms with Crippen molar-refractivity contribution in [1.29, 1.82) is 0 Å². The van der Waals surface area contributed by atoms with E-state index in [1.54, 1.807) is 0 Å². The molecular weight excluding hydrogens is 296 g/mol. The summed E-state index contributed by atoms with van der Waals surface area (Å²) >= 11 is 0. The molecule has 1 saturated heterocycles. The van der Waals surface area contributed by atoms with E-state index in [1.807, 2.05) is 0 Å². The molecule has 0 amide bonds. The van der Waals surface area contributed by atoms with Crippen LogP contribution >= 0.6 is 0 Å². The number of hydrogen-bond acceptors (Lipinski definition) is 3. The lowest BCUT2D eigenvalue weighted by molar-refractivity contribution is 0.310. The van der Waals surface area contributed by atoms with Gasteiger partial charge in [-0.25, -0.2) is 8.42 Å². The molecule has 0 bridgehead atoms. The smallest absolute Gasteiger partial charge is 0.140 e. The number of benzene rings is 1. The highest BCUT2D eigenvalue weighted by molar-refractivity contribution is 7.72. The maximum absolute atomic E-state index is 10.7. The second kappa shape index (κ2) is 6.84. The maximum Gasteiger partial charge on any atom is 0.140 e. The summed E-state index contributed by atoms with van der Waals surface area (Å²) in [5, 5.41) is 1.30. The van der Waals surface area contributed by atoms with Crippen molar-refractivity contribution < 1.29 is 8.42 Å². The van der Waals surface area contributed by atoms with Gasteiger partial charge in [0.25, 0.3) is 0 Å². The molecule has 1 aliphatic rings. The summed E-state index contributed by atoms with van der Waals surface area (Å²) < 4.78 is 21.3. The number of thiol groups is 1. The molecule has 3 rings (SSSR count). The van der Waals surface area contributed by atoms with Gasteiger partial charge in [0.1, 0.15) is 10.7 Å². The van der Waals surface area contributed by atoms with Gasteiger partial charge in [0.2, 0.25) is 0 Å². The average molecular weight is 320 g/mol. The maximum atomic E-state index is 10.7. The Kier molecular flexibility index (Phi) is 4.84. The Morgan fingerprint density at radius 2 is 2.23 bits per heavy atom. The topological polar surface area (TPSA) is 53.2 Å². The number of fused-ring (bicyclic) bond motifs is 1. The van der Waals surface area contributed by atoms with Crippen LogP contribution in [0.5, 0.6) is 0 Å². The van der Waals surface area contributed by atoms with Crippen molar-refractivity contribution in [3.8, 4) is 0 Å². The molecule has 2 aromatic rings. The van der Waals surface area contributed by atoms with Crippen molar-refractivity contribution in [1.82, 2.24) is 9.88 Å². The highest BCUT2D eigenvalue weighted by Gasteiger charge is 2.22. The molecule has 1 fully saturated rings. The van der Waals surface area contributed by atoms with Crippen LogP contribution in [-0.4, -0.2) is 43.7 Å². The van der Waals surface area contributed by atoms with Gasteiger partial charge < -0.3 is 9.88 Å². The molecule has 0 unspecified atom stereocenters. The molecule has 4 nitrogen and oxygen atoms in total. The number of H-pyrrole nitrogens is 1. The Morgan fingerprint density at radius 3 is 2.95 bits per heavy atom. The number of aryl methyl sites for hydroxylation is 1. The Bertz CT molecular complexity index is 713. The van der Waals surface area contributed by atoms with Gasteiger partial charge in [-0.05, 0) is 69.0 Å². The highest BCUT2D eigenvalue weighted by atomic mass is 32.2. The molecule has 0 aliphatic carbocycles. The Balaban J connectivity index is 1.76. The summed E-state index contributed by atoms with van der Waals surface area (Å²) in [4.78, 5) is 5.82. The van der Waals surface area contributed by atoms with E-state index in [1.165, 1.54) is 41.4 Å². The third kappa shape index (κ3) is 3.52. The lowest BCUT2D eigenvalue weighted by Gasteiger charge is -2.18. The van der Waals surface area contributed by atoms with E-state index in [0.717, 1.165) is 12.8 Å². The van der Waals surface area contributed by atoms with Crippen molar-refractivity contribution in [3.63, 3.8) is 0 Å². The van der Waals surface area contributed by atoms with Gasteiger partial charge in [0.15, 0.2) is 0 Å². The second-order valence-electron chi connectivity index (χ2n) is 6.33. The van der Waals surface area contributed by atoms with Gasteiger partial charge in [-0.1, -0.05) is 6.07 Å². The van der Waals surface area contributed by atoms with Crippen LogP contribution in [0.15, 0.2) is 24.4 Å². The fraction of sp³-hybridized carbons (Fsp3) is 0.529. The van der Waals surface area contributed by atoms with Crippen LogP contribution in [0.1, 0.15) is 30.4 Å². The highest BCUT2D eigenvalue weighted by Crippen LogP contribution is 2.25. The molecule has 1 N–H and O–H groups in total. The fourth-order valence-corrected chi connectivity index (χ4v) is 3.87. The van der Waals surface area contributed by atoms with Crippen molar-refractivity contribution in [2.24, 2.45) is 0 Å². The molecule has 120 valence electrons. The van der Waals surface area contributed by atoms with Gasteiger partial charge >= 0.3 is 0 Å². The first-order valence-corrected chi connectivity index (χ1v) is 9.40. The Morgan fingerprint density at radius 1 is 1.36 bits per heavy atom. The van der Waals surface area contributed by atoms with Crippen molar-refractivity contribution in [2.45, 2.75) is 38.1 Å². The van der Waals surface area contributed by atoms with Crippen LogP contribution in [-0.2, 0) is 23.5 Å². The zero-order chi connectivity index (χ0) is 15.5. The van der Waals surface area contributed by atoms with Crippen LogP contribution in [0.2, 0.25) is 0 Å². The van der Waals surface area contributed by atoms with E-state index in [9.17, 15) is 8.42 Å². The summed E-state index contributed by atoms with van der Waals surface area (Å²) in [6, 6.07) is 7.09. The van der Waals surface area contributed by atoms with Crippen molar-refractivity contribution >= 4 is 21.6 Å². The first-order valence-electron chi connectivity index (χ1n) is 8.04. The largest absolute Gasteiger partial charge is 0.361 e. The summed E-state index contributed by atoms with van der Waals surface area (Å²) in [6.45, 7) is 1.20. The van der Waals surface area contributed by atoms with E-state index in [2.05, 4.69) is 41.3 Å². The quantitative estimate of drug-likeness (QED) is 0.803. The zero-order valence-electron chi connectivity index (χ0n) is 13.0. The lowest BCUT2D eigenvalue weighted by Crippen LogP contribution is -2.26. The van der Waals surface area contributed by atoms with E-state index in [-0.39, 0.29) is 5.75 Å². The van der Waals surface area contributed by atoms with Crippen LogP contribution < -0.4 is 0 Å². The van der Waals surface area contributed by atoms with Gasteiger partial charge in [0.05, 0.1) is 0 Å². The SMILES string of the molecule is CN1CCC[C@@H]1Cc1c[nH]c2ccc(CCC[SH](=O)=O)cc12. The number of aromatic amines is 1. The van der Waals surface area contributed by atoms with Crippen molar-refractivity contribution in [2.75, 3.05) is 19.3 Å². The summed E-state index contributed by atoms with van der Waals surface area (Å²) in [5.74, 6) is 0.278. The molecule has 1 atom stereocenters. The third-order valence-electron chi connectivity index (χ3n) is 4.77. The standard InChI is InChI=1S/C17H24N2O2S/c1-19-8-2-5-15(19)11-14-12-18-17-7-6-13(10-16(14)17)4-3-9-22(20)21/h6-7,10,12,15,18,22H,2-5,8-9,11H2,1H3/t15-/m1/s1. The molecule has 2 heterocycles. The third-order valence-corrected chi connectivity index (χ3v) is 5.45. The lowest BCUT2D eigenvalue weighted by atomic mass is 10.0. The van der Waals surface area contributed by atoms with E-state index < -0.39 is 10.7 Å². The molecule has 0 saturated carbocycles. The summed E-state index contributed by atoms with van der Waals surface area (Å²) in [6.07, 6.45) is 7.33. The molecule has 0 spiro atoms. The minimum Gasteiger partial charge on any atom is -0.361 e. The van der Waals surface area contributed by atoms with Crippen LogP contribution in [0.25, 0.3) is 10.9 Å². The molecule has 22 heavy (non-hydrogen) atoms. The average Bonchev–Trinajstić information content (AvgIpc) is 3.06. The number of rotatable bonds is 6. The zero-order valence-corrected chi connectivity index (χ0v) is 13.9. The monoisotopic (exact) mass is 320 g/mol. The van der Waals surface area contributed by atoms with Crippen molar-refractivity contribution in [3.05, 3.63) is 35.5 Å². The summed E-state index contributed by atoms with van der Waals surface area (Å²) in [7, 11) is -0.0440. The van der Waals surface area contributed by atoms with E-state index in [0.29, 0.717) is 12.5 Å². The molecule has 1 aromatic carbocycles. The normalized spacial score (nSPS) is 19.5. The Labute approximate surface area is 133 Å². The van der Waals surface area contributed by atoms with Crippen LogP contribution in [0.3, 0.4) is 0 Å². The molecule has 1 aliphatic heterocycles. The number of hydrogen-bond donors (Lipinski definition) is 2. The van der Waals surface area contributed by atoms with E-state index in [4.69, 9.17) is 0 Å². The second-order valence-corrected chi connectivity index (χ2v) is 7.45. The number of likely N-dealkylation sites (N-methyl/N-ethyl adjacent to an activating group) is 1. The van der Waals surface area contributed by atoms with E-state index >= 15 is 0 Å². The Hall–Kier alpha value is -1.33. The molecule has 5 heteroatoms. The number of aromatic nitrogens is 1. The number of nitrogens with one attached hydrogen (secondary N) is 1. The molecule has 0 radical (unpaired) electrons. The minimum atomic E-state index is -2.25. The van der Waals surface area contributed by atoms with Gasteiger partial charge in [0, 0.05) is 28.9 Å². The first kappa shape index (κ1) is 15.6. The van der Waals surface area contributed by atoms with Crippen LogP contribution in [0.4, 0.5) is 0 Å². The summed E-state index contributed by atoms with van der Waals surface area (Å²) in [5.41, 5.74) is 3.78. The molecular formula is C17H24N2O2S. The predicted octanol–water partition coefficient (Wildman–Crippen LogP) is 2.35. The number of likely N-dealkylation sites (tertiary alicyclic amines) is 1. The number of nitrogens with zero attached hydrogens (tertiary/aromatic N) is 1. The van der Waals surface area contributed by atoms with Gasteiger partial charge in [-0.15, -0.1) is 0 Å². The first-order chi connectivity index (χ1) is 10.6. The predicted molar refractivity (Wildman–Crippen MR) is 91.2 cm³/mol. The molecule has 1 aromatic heterocycles. The fourth-order valence-electron chi connectivity index (χ4n) is 3.45. The van der Waals surface area contributed by atoms with Gasteiger partial charge in [-0.2, -0.15) is 0 Å². The van der Waals surface area contributed by atoms with Crippen LogP contribution in [0, 0.1) is 0 Å². The van der Waals surface area contributed by atoms with Gasteiger partial charge in [-0.3, -0.25) is 0 Å².